The van der Waals surface area contributed by atoms with Gasteiger partial charge in [0.25, 0.3) is 0 Å². The maximum Gasteiger partial charge on any atom is 0.339 e. The van der Waals surface area contributed by atoms with Crippen LogP contribution in [0.3, 0.4) is 0 Å². The van der Waals surface area contributed by atoms with Crippen LogP contribution in [0.4, 0.5) is 0 Å². The molecule has 0 aliphatic heterocycles. The Balaban J connectivity index is 3.18. The molecule has 0 saturated carbocycles. The van der Waals surface area contributed by atoms with Crippen molar-refractivity contribution in [3.05, 3.63) is 33.7 Å². The summed E-state index contributed by atoms with van der Waals surface area (Å²) in [6.45, 7) is 1.85. The third-order valence-electron chi connectivity index (χ3n) is 1.54. The topological polar surface area (TPSA) is 83.0 Å². The van der Waals surface area contributed by atoms with Crippen molar-refractivity contribution < 1.29 is 9.53 Å². The lowest BCUT2D eigenvalue weighted by Crippen LogP contribution is -2.13. The maximum absolute atomic E-state index is 11.3. The molecule has 0 unspecified atom stereocenters. The normalized spacial score (nSPS) is 9.14. The van der Waals surface area contributed by atoms with Crippen molar-refractivity contribution in [2.45, 2.75) is 6.92 Å². The molecule has 1 rings (SSSR count). The Morgan fingerprint density at radius 2 is 2.43 bits per heavy atom. The molecular formula is C9H8N2O3. The van der Waals surface area contributed by atoms with Gasteiger partial charge in [0.1, 0.15) is 6.07 Å². The average Bonchev–Trinajstić information content (AvgIpc) is 2.18. The molecule has 0 saturated heterocycles. The highest BCUT2D eigenvalue weighted by Gasteiger charge is 2.12. The fraction of sp³-hybridized carbons (Fsp3) is 0.222. The lowest BCUT2D eigenvalue weighted by atomic mass is 10.1. The average molecular weight is 192 g/mol. The van der Waals surface area contributed by atoms with Gasteiger partial charge < -0.3 is 9.72 Å². The molecule has 72 valence electrons. The third-order valence-corrected chi connectivity index (χ3v) is 1.54. The summed E-state index contributed by atoms with van der Waals surface area (Å²) in [5.74, 6) is -0.657. The molecule has 0 amide bonds. The zero-order valence-corrected chi connectivity index (χ0v) is 7.53. The zero-order valence-electron chi connectivity index (χ0n) is 7.53. The van der Waals surface area contributed by atoms with Crippen LogP contribution >= 0.6 is 0 Å². The fourth-order valence-corrected chi connectivity index (χ4v) is 0.942. The maximum atomic E-state index is 11.3. The predicted octanol–water partition coefficient (Wildman–Crippen LogP) is 0.423. The molecule has 1 heterocycles. The van der Waals surface area contributed by atoms with E-state index < -0.39 is 11.5 Å². The lowest BCUT2D eigenvalue weighted by molar-refractivity contribution is 0.0525. The molecule has 0 aromatic carbocycles. The van der Waals surface area contributed by atoms with Crippen molar-refractivity contribution in [3.8, 4) is 6.07 Å². The number of pyridine rings is 1. The summed E-state index contributed by atoms with van der Waals surface area (Å²) in [6.07, 6.45) is 1.19. The van der Waals surface area contributed by atoms with Crippen LogP contribution in [-0.2, 0) is 4.74 Å². The Morgan fingerprint density at radius 1 is 1.71 bits per heavy atom. The summed E-state index contributed by atoms with van der Waals surface area (Å²) < 4.78 is 4.68. The monoisotopic (exact) mass is 192 g/mol. The van der Waals surface area contributed by atoms with Crippen molar-refractivity contribution in [1.82, 2.24) is 4.98 Å². The summed E-state index contributed by atoms with van der Waals surface area (Å²) in [6, 6.07) is 2.84. The van der Waals surface area contributed by atoms with Crippen LogP contribution in [-0.4, -0.2) is 17.6 Å². The second-order valence-electron chi connectivity index (χ2n) is 2.46. The molecule has 0 atom stereocenters. The molecule has 0 aliphatic carbocycles. The van der Waals surface area contributed by atoms with Crippen molar-refractivity contribution in [1.29, 1.82) is 5.26 Å². The van der Waals surface area contributed by atoms with Gasteiger partial charge in [0.2, 0.25) is 5.56 Å². The van der Waals surface area contributed by atoms with E-state index in [1.54, 1.807) is 13.0 Å². The number of nitrogens with zero attached hydrogens (tertiary/aromatic N) is 1. The van der Waals surface area contributed by atoms with Gasteiger partial charge in [-0.05, 0) is 6.92 Å². The van der Waals surface area contributed by atoms with Gasteiger partial charge in [-0.3, -0.25) is 4.79 Å². The minimum absolute atomic E-state index is 0.00176. The molecule has 0 aliphatic rings. The number of H-pyrrole nitrogens is 1. The number of aromatic amines is 1. The second-order valence-corrected chi connectivity index (χ2v) is 2.46. The largest absolute Gasteiger partial charge is 0.462 e. The van der Waals surface area contributed by atoms with E-state index in [0.717, 1.165) is 6.07 Å². The van der Waals surface area contributed by atoms with Gasteiger partial charge in [0.15, 0.2) is 0 Å². The van der Waals surface area contributed by atoms with E-state index in [-0.39, 0.29) is 17.7 Å². The highest BCUT2D eigenvalue weighted by Crippen LogP contribution is 2.04. The summed E-state index contributed by atoms with van der Waals surface area (Å²) >= 11 is 0. The van der Waals surface area contributed by atoms with Gasteiger partial charge in [0.05, 0.1) is 17.7 Å². The number of rotatable bonds is 2. The van der Waals surface area contributed by atoms with E-state index in [4.69, 9.17) is 5.26 Å². The number of ether oxygens (including phenoxy) is 1. The van der Waals surface area contributed by atoms with E-state index in [0.29, 0.717) is 0 Å². The van der Waals surface area contributed by atoms with Crippen LogP contribution in [0.2, 0.25) is 0 Å². The minimum atomic E-state index is -0.657. The number of carbonyl (C=O) groups excluding carboxylic acids is 1. The number of esters is 1. The highest BCUT2D eigenvalue weighted by atomic mass is 16.5. The molecule has 5 heteroatoms. The quantitative estimate of drug-likeness (QED) is 0.688. The standard InChI is InChI=1S/C9H8N2O3/c1-2-14-9(13)7-3-8(12)11-5-6(7)4-10/h3,5H,2H2,1H3,(H,11,12). The number of hydrogen-bond acceptors (Lipinski definition) is 4. The molecule has 0 radical (unpaired) electrons. The number of aromatic nitrogens is 1. The Labute approximate surface area is 79.9 Å². The van der Waals surface area contributed by atoms with Crippen molar-refractivity contribution in [3.63, 3.8) is 0 Å². The Kier molecular flexibility index (Phi) is 3.02. The first-order valence-corrected chi connectivity index (χ1v) is 3.99. The Bertz CT molecular complexity index is 442. The van der Waals surface area contributed by atoms with E-state index in [1.165, 1.54) is 6.20 Å². The van der Waals surface area contributed by atoms with E-state index in [9.17, 15) is 9.59 Å². The van der Waals surface area contributed by atoms with Crippen LogP contribution in [0.5, 0.6) is 0 Å². The molecule has 0 spiro atoms. The minimum Gasteiger partial charge on any atom is -0.462 e. The Hall–Kier alpha value is -2.09. The molecule has 0 bridgehead atoms. The molecule has 5 nitrogen and oxygen atoms in total. The molecule has 14 heavy (non-hydrogen) atoms. The number of hydrogen-bond donors (Lipinski definition) is 1. The number of carbonyl (C=O) groups is 1. The van der Waals surface area contributed by atoms with Gasteiger partial charge in [0, 0.05) is 12.3 Å². The molecule has 1 aromatic rings. The molecular weight excluding hydrogens is 184 g/mol. The first kappa shape index (κ1) is 9.99. The van der Waals surface area contributed by atoms with Gasteiger partial charge in [-0.25, -0.2) is 4.79 Å². The summed E-state index contributed by atoms with van der Waals surface area (Å²) in [5, 5.41) is 8.65. The van der Waals surface area contributed by atoms with E-state index in [2.05, 4.69) is 9.72 Å². The van der Waals surface area contributed by atoms with Crippen LogP contribution < -0.4 is 5.56 Å². The first-order chi connectivity index (χ1) is 6.69. The third kappa shape index (κ3) is 1.98. The number of nitrogens with one attached hydrogen (secondary N) is 1. The van der Waals surface area contributed by atoms with Crippen LogP contribution in [0, 0.1) is 11.3 Å². The van der Waals surface area contributed by atoms with Crippen LogP contribution in [0.1, 0.15) is 22.8 Å². The summed E-state index contributed by atoms with van der Waals surface area (Å²) in [4.78, 5) is 24.4. The van der Waals surface area contributed by atoms with Crippen molar-refractivity contribution >= 4 is 5.97 Å². The first-order valence-electron chi connectivity index (χ1n) is 3.99. The Morgan fingerprint density at radius 3 is 3.00 bits per heavy atom. The predicted molar refractivity (Wildman–Crippen MR) is 47.7 cm³/mol. The van der Waals surface area contributed by atoms with E-state index >= 15 is 0 Å². The molecule has 0 fully saturated rings. The van der Waals surface area contributed by atoms with Gasteiger partial charge in [-0.15, -0.1) is 0 Å². The van der Waals surface area contributed by atoms with Crippen LogP contribution in [0.25, 0.3) is 0 Å². The SMILES string of the molecule is CCOC(=O)c1cc(=O)[nH]cc1C#N. The van der Waals surface area contributed by atoms with Gasteiger partial charge in [-0.1, -0.05) is 0 Å². The molecule has 1 N–H and O–H groups in total. The van der Waals surface area contributed by atoms with Crippen molar-refractivity contribution in [2.75, 3.05) is 6.61 Å². The number of nitriles is 1. The van der Waals surface area contributed by atoms with Gasteiger partial charge >= 0.3 is 5.97 Å². The van der Waals surface area contributed by atoms with Gasteiger partial charge in [-0.2, -0.15) is 5.26 Å². The van der Waals surface area contributed by atoms with E-state index in [1.807, 2.05) is 0 Å². The van der Waals surface area contributed by atoms with Crippen molar-refractivity contribution in [2.24, 2.45) is 0 Å². The zero-order chi connectivity index (χ0) is 10.6. The van der Waals surface area contributed by atoms with Crippen LogP contribution in [0.15, 0.2) is 17.1 Å². The lowest BCUT2D eigenvalue weighted by Gasteiger charge is -2.01. The summed E-state index contributed by atoms with van der Waals surface area (Å²) in [7, 11) is 0. The smallest absolute Gasteiger partial charge is 0.339 e. The summed E-state index contributed by atoms with van der Waals surface area (Å²) in [5.41, 5.74) is -0.340. The second kappa shape index (κ2) is 4.23. The highest BCUT2D eigenvalue weighted by molar-refractivity contribution is 5.91. The fourth-order valence-electron chi connectivity index (χ4n) is 0.942. The molecule has 1 aromatic heterocycles.